The molecule has 0 radical (unpaired) electrons. The van der Waals surface area contributed by atoms with Gasteiger partial charge in [-0.25, -0.2) is 4.68 Å². The first-order chi connectivity index (χ1) is 12.6. The first-order valence-electron chi connectivity index (χ1n) is 8.27. The number of aromatic nitrogens is 2. The minimum Gasteiger partial charge on any atom is -0.497 e. The smallest absolute Gasteiger partial charge is 0.262 e. The molecule has 0 aliphatic rings. The van der Waals surface area contributed by atoms with Gasteiger partial charge in [-0.05, 0) is 50.2 Å². The van der Waals surface area contributed by atoms with Crippen molar-refractivity contribution < 1.29 is 14.3 Å². The van der Waals surface area contributed by atoms with E-state index in [1.165, 1.54) is 0 Å². The molecule has 6 nitrogen and oxygen atoms in total. The van der Waals surface area contributed by atoms with Crippen LogP contribution in [0.5, 0.6) is 11.5 Å². The predicted molar refractivity (Wildman–Crippen MR) is 100 cm³/mol. The van der Waals surface area contributed by atoms with Crippen LogP contribution >= 0.6 is 0 Å². The van der Waals surface area contributed by atoms with E-state index in [4.69, 9.17) is 9.47 Å². The van der Waals surface area contributed by atoms with Gasteiger partial charge in [0.2, 0.25) is 0 Å². The molecule has 1 N–H and O–H groups in total. The largest absolute Gasteiger partial charge is 0.497 e. The highest BCUT2D eigenvalue weighted by atomic mass is 16.5. The summed E-state index contributed by atoms with van der Waals surface area (Å²) in [5, 5.41) is 7.41. The molecule has 0 saturated heterocycles. The van der Waals surface area contributed by atoms with Gasteiger partial charge in [0, 0.05) is 0 Å². The second kappa shape index (κ2) is 7.74. The molecule has 2 aromatic carbocycles. The van der Waals surface area contributed by atoms with Gasteiger partial charge in [-0.3, -0.25) is 4.79 Å². The number of aryl methyl sites for hydroxylation is 1. The summed E-state index contributed by atoms with van der Waals surface area (Å²) in [6.45, 7) is 3.71. The molecule has 6 heteroatoms. The van der Waals surface area contributed by atoms with Crippen molar-refractivity contribution >= 4 is 11.6 Å². The standard InChI is InChI=1S/C20H21N3O3/c1-14-20(15(2)23(22-14)16-7-5-4-6-8-16)21-19(24)13-26-18-11-9-17(25-3)10-12-18/h4-12H,13H2,1-3H3,(H,21,24). The molecule has 0 fully saturated rings. The van der Waals surface area contributed by atoms with Crippen molar-refractivity contribution in [1.82, 2.24) is 9.78 Å². The monoisotopic (exact) mass is 351 g/mol. The van der Waals surface area contributed by atoms with E-state index < -0.39 is 0 Å². The van der Waals surface area contributed by atoms with Crippen molar-refractivity contribution in [3.05, 3.63) is 66.0 Å². The zero-order valence-electron chi connectivity index (χ0n) is 15.0. The Kier molecular flexibility index (Phi) is 5.22. The zero-order valence-corrected chi connectivity index (χ0v) is 15.0. The Hall–Kier alpha value is -3.28. The average molecular weight is 351 g/mol. The molecule has 0 saturated carbocycles. The fourth-order valence-corrected chi connectivity index (χ4v) is 2.64. The summed E-state index contributed by atoms with van der Waals surface area (Å²) in [7, 11) is 1.60. The number of anilines is 1. The second-order valence-corrected chi connectivity index (χ2v) is 5.81. The van der Waals surface area contributed by atoms with Crippen LogP contribution in [0.25, 0.3) is 5.69 Å². The molecule has 0 unspecified atom stereocenters. The number of ether oxygens (including phenoxy) is 2. The van der Waals surface area contributed by atoms with Crippen LogP contribution in [-0.4, -0.2) is 29.4 Å². The van der Waals surface area contributed by atoms with Gasteiger partial charge in [0.1, 0.15) is 11.5 Å². The summed E-state index contributed by atoms with van der Waals surface area (Å²) in [5.74, 6) is 1.11. The van der Waals surface area contributed by atoms with E-state index in [0.717, 1.165) is 22.8 Å². The quantitative estimate of drug-likeness (QED) is 0.738. The fraction of sp³-hybridized carbons (Fsp3) is 0.200. The molecule has 0 aliphatic carbocycles. The van der Waals surface area contributed by atoms with Gasteiger partial charge >= 0.3 is 0 Å². The Balaban J connectivity index is 1.66. The van der Waals surface area contributed by atoms with E-state index in [2.05, 4.69) is 10.4 Å². The van der Waals surface area contributed by atoms with Crippen molar-refractivity contribution in [1.29, 1.82) is 0 Å². The van der Waals surface area contributed by atoms with Gasteiger partial charge in [-0.2, -0.15) is 5.10 Å². The van der Waals surface area contributed by atoms with Crippen LogP contribution in [0.15, 0.2) is 54.6 Å². The number of rotatable bonds is 6. The number of amides is 1. The molecule has 0 atom stereocenters. The lowest BCUT2D eigenvalue weighted by Crippen LogP contribution is -2.20. The van der Waals surface area contributed by atoms with Crippen molar-refractivity contribution in [3.63, 3.8) is 0 Å². The molecule has 1 amide bonds. The predicted octanol–water partition coefficient (Wildman–Crippen LogP) is 3.52. The minimum atomic E-state index is -0.236. The third kappa shape index (κ3) is 3.85. The van der Waals surface area contributed by atoms with E-state index in [1.807, 2.05) is 48.9 Å². The summed E-state index contributed by atoms with van der Waals surface area (Å²) < 4.78 is 12.4. The van der Waals surface area contributed by atoms with Gasteiger partial charge in [-0.1, -0.05) is 18.2 Å². The molecule has 26 heavy (non-hydrogen) atoms. The molecule has 0 aliphatic heterocycles. The van der Waals surface area contributed by atoms with E-state index in [9.17, 15) is 4.79 Å². The second-order valence-electron chi connectivity index (χ2n) is 5.81. The summed E-state index contributed by atoms with van der Waals surface area (Å²) in [4.78, 5) is 12.3. The number of para-hydroxylation sites is 1. The highest BCUT2D eigenvalue weighted by Gasteiger charge is 2.15. The number of nitrogens with one attached hydrogen (secondary N) is 1. The van der Waals surface area contributed by atoms with Gasteiger partial charge in [0.25, 0.3) is 5.91 Å². The first-order valence-corrected chi connectivity index (χ1v) is 8.27. The normalized spacial score (nSPS) is 10.4. The van der Waals surface area contributed by atoms with Crippen LogP contribution in [0.3, 0.4) is 0 Å². The van der Waals surface area contributed by atoms with E-state index >= 15 is 0 Å². The summed E-state index contributed by atoms with van der Waals surface area (Å²) in [6, 6.07) is 16.9. The number of methoxy groups -OCH3 is 1. The third-order valence-corrected chi connectivity index (χ3v) is 3.99. The third-order valence-electron chi connectivity index (χ3n) is 3.99. The van der Waals surface area contributed by atoms with E-state index in [1.54, 1.807) is 31.4 Å². The van der Waals surface area contributed by atoms with Crippen LogP contribution < -0.4 is 14.8 Å². The Morgan fingerprint density at radius 3 is 2.35 bits per heavy atom. The maximum atomic E-state index is 12.3. The number of nitrogens with zero attached hydrogens (tertiary/aromatic N) is 2. The van der Waals surface area contributed by atoms with Crippen LogP contribution in [0.1, 0.15) is 11.4 Å². The van der Waals surface area contributed by atoms with Crippen LogP contribution in [0, 0.1) is 13.8 Å². The summed E-state index contributed by atoms with van der Waals surface area (Å²) in [6.07, 6.45) is 0. The Bertz CT molecular complexity index is 887. The van der Waals surface area contributed by atoms with Crippen molar-refractivity contribution in [2.45, 2.75) is 13.8 Å². The van der Waals surface area contributed by atoms with Gasteiger partial charge in [0.15, 0.2) is 6.61 Å². The SMILES string of the molecule is COc1ccc(OCC(=O)Nc2c(C)nn(-c3ccccc3)c2C)cc1. The number of benzene rings is 2. The number of carbonyl (C=O) groups excluding carboxylic acids is 1. The topological polar surface area (TPSA) is 65.4 Å². The number of carbonyl (C=O) groups is 1. The van der Waals surface area contributed by atoms with Crippen LogP contribution in [0.4, 0.5) is 5.69 Å². The van der Waals surface area contributed by atoms with Crippen molar-refractivity contribution in [3.8, 4) is 17.2 Å². The lowest BCUT2D eigenvalue weighted by molar-refractivity contribution is -0.118. The Labute approximate surface area is 152 Å². The van der Waals surface area contributed by atoms with Crippen LogP contribution in [-0.2, 0) is 4.79 Å². The summed E-state index contributed by atoms with van der Waals surface area (Å²) in [5.41, 5.74) is 3.27. The van der Waals surface area contributed by atoms with Gasteiger partial charge in [0.05, 0.1) is 29.9 Å². The number of hydrogen-bond acceptors (Lipinski definition) is 4. The lowest BCUT2D eigenvalue weighted by atomic mass is 10.3. The zero-order chi connectivity index (χ0) is 18.5. The van der Waals surface area contributed by atoms with E-state index in [0.29, 0.717) is 11.4 Å². The highest BCUT2D eigenvalue weighted by molar-refractivity contribution is 5.93. The molecule has 3 rings (SSSR count). The Morgan fingerprint density at radius 1 is 1.04 bits per heavy atom. The Morgan fingerprint density at radius 2 is 1.69 bits per heavy atom. The van der Waals surface area contributed by atoms with Gasteiger partial charge in [-0.15, -0.1) is 0 Å². The van der Waals surface area contributed by atoms with E-state index in [-0.39, 0.29) is 12.5 Å². The van der Waals surface area contributed by atoms with Crippen LogP contribution in [0.2, 0.25) is 0 Å². The molecular weight excluding hydrogens is 330 g/mol. The van der Waals surface area contributed by atoms with Gasteiger partial charge < -0.3 is 14.8 Å². The summed E-state index contributed by atoms with van der Waals surface area (Å²) >= 11 is 0. The molecule has 1 heterocycles. The maximum absolute atomic E-state index is 12.3. The highest BCUT2D eigenvalue weighted by Crippen LogP contribution is 2.23. The number of hydrogen-bond donors (Lipinski definition) is 1. The molecular formula is C20H21N3O3. The molecule has 3 aromatic rings. The molecule has 134 valence electrons. The van der Waals surface area contributed by atoms with Crippen molar-refractivity contribution in [2.75, 3.05) is 19.0 Å². The molecule has 1 aromatic heterocycles. The van der Waals surface area contributed by atoms with Crippen molar-refractivity contribution in [2.24, 2.45) is 0 Å². The fourth-order valence-electron chi connectivity index (χ4n) is 2.64. The first kappa shape index (κ1) is 17.5. The average Bonchev–Trinajstić information content (AvgIpc) is 2.95. The minimum absolute atomic E-state index is 0.0816. The molecule has 0 bridgehead atoms. The molecule has 0 spiro atoms. The lowest BCUT2D eigenvalue weighted by Gasteiger charge is -2.09. The maximum Gasteiger partial charge on any atom is 0.262 e.